The third-order valence-electron chi connectivity index (χ3n) is 5.26. The maximum Gasteiger partial charge on any atom is 0.330 e. The van der Waals surface area contributed by atoms with Gasteiger partial charge in [-0.3, -0.25) is 14.3 Å². The highest BCUT2D eigenvalue weighted by atomic mass is 16.7. The molecule has 1 unspecified atom stereocenters. The van der Waals surface area contributed by atoms with Crippen molar-refractivity contribution in [2.75, 3.05) is 6.61 Å². The molecule has 0 saturated carbocycles. The number of nitrogens with one attached hydrogen (secondary N) is 1. The van der Waals surface area contributed by atoms with Crippen molar-refractivity contribution in [1.29, 1.82) is 0 Å². The molecule has 1 aromatic heterocycles. The van der Waals surface area contributed by atoms with Crippen LogP contribution in [0.2, 0.25) is 0 Å². The summed E-state index contributed by atoms with van der Waals surface area (Å²) in [6.45, 7) is 4.56. The second kappa shape index (κ2) is 6.50. The number of aryl methyl sites for hydroxylation is 1. The fourth-order valence-corrected chi connectivity index (χ4v) is 3.73. The normalized spacial score (nSPS) is 30.0. The average molecular weight is 358 g/mol. The number of rotatable bonds is 5. The zero-order valence-corrected chi connectivity index (χ0v) is 14.8. The topological polar surface area (TPSA) is 82.6 Å². The van der Waals surface area contributed by atoms with Gasteiger partial charge in [0.15, 0.2) is 6.23 Å². The summed E-state index contributed by atoms with van der Waals surface area (Å²) >= 11 is 0. The van der Waals surface area contributed by atoms with Crippen molar-refractivity contribution in [1.82, 2.24) is 9.55 Å². The predicted octanol–water partition coefficient (Wildman–Crippen LogP) is 1.51. The number of H-pyrrole nitrogens is 1. The lowest BCUT2D eigenvalue weighted by Gasteiger charge is -2.30. The standard InChI is InChI=1S/C19H22N2O5/c1-3-19-11-25-14(15(19)24-10-13-7-5-4-6-8-13)17(26-19)21-9-12(2)16(22)20-18(21)23/h4-9,14-15,17H,3,10-11H2,1-2H3,(H,20,22,23)/t14?,15-,17-,19+/m1/s1. The minimum absolute atomic E-state index is 0.281. The molecule has 1 N–H and O–H groups in total. The Morgan fingerprint density at radius 1 is 1.31 bits per heavy atom. The number of aromatic amines is 1. The highest BCUT2D eigenvalue weighted by molar-refractivity contribution is 5.15. The summed E-state index contributed by atoms with van der Waals surface area (Å²) in [5.41, 5.74) is 0.0299. The van der Waals surface area contributed by atoms with Crippen LogP contribution in [0.15, 0.2) is 46.1 Å². The lowest BCUT2D eigenvalue weighted by Crippen LogP contribution is -2.42. The summed E-state index contributed by atoms with van der Waals surface area (Å²) in [6.07, 6.45) is 0.926. The lowest BCUT2D eigenvalue weighted by atomic mass is 9.96. The van der Waals surface area contributed by atoms with Crippen LogP contribution in [0.1, 0.15) is 30.7 Å². The van der Waals surface area contributed by atoms with Gasteiger partial charge >= 0.3 is 5.69 Å². The van der Waals surface area contributed by atoms with E-state index < -0.39 is 29.2 Å². The molecule has 4 atom stereocenters. The van der Waals surface area contributed by atoms with Crippen LogP contribution in [0.3, 0.4) is 0 Å². The van der Waals surface area contributed by atoms with Gasteiger partial charge in [0, 0.05) is 11.8 Å². The number of aromatic nitrogens is 2. The molecule has 0 amide bonds. The van der Waals surface area contributed by atoms with E-state index in [0.717, 1.165) is 5.56 Å². The summed E-state index contributed by atoms with van der Waals surface area (Å²) in [6, 6.07) is 9.91. The first-order valence-electron chi connectivity index (χ1n) is 8.81. The zero-order valence-electron chi connectivity index (χ0n) is 14.8. The van der Waals surface area contributed by atoms with E-state index in [1.54, 1.807) is 6.92 Å². The first kappa shape index (κ1) is 17.2. The lowest BCUT2D eigenvalue weighted by molar-refractivity contribution is -0.176. The number of hydrogen-bond donors (Lipinski definition) is 1. The molecule has 7 heteroatoms. The summed E-state index contributed by atoms with van der Waals surface area (Å²) in [7, 11) is 0. The number of nitrogens with zero attached hydrogens (tertiary/aromatic N) is 1. The monoisotopic (exact) mass is 358 g/mol. The minimum atomic E-state index is -0.618. The van der Waals surface area contributed by atoms with E-state index in [9.17, 15) is 9.59 Å². The highest BCUT2D eigenvalue weighted by Gasteiger charge is 2.62. The Labute approximate surface area is 150 Å². The van der Waals surface area contributed by atoms with Gasteiger partial charge in [-0.15, -0.1) is 0 Å². The molecule has 26 heavy (non-hydrogen) atoms. The molecule has 2 fully saturated rings. The van der Waals surface area contributed by atoms with E-state index in [2.05, 4.69) is 4.98 Å². The Morgan fingerprint density at radius 3 is 2.81 bits per heavy atom. The molecule has 2 aliphatic rings. The van der Waals surface area contributed by atoms with Gasteiger partial charge in [0.1, 0.15) is 17.8 Å². The SMILES string of the molecule is CC[C@@]12COC([C@H](n3cc(C)c(=O)[nH]c3=O)O1)[C@H]2OCc1ccccc1. The molecule has 7 nitrogen and oxygen atoms in total. The van der Waals surface area contributed by atoms with Crippen LogP contribution in [0.25, 0.3) is 0 Å². The largest absolute Gasteiger partial charge is 0.368 e. The number of fused-ring (bicyclic) bond motifs is 2. The molecular formula is C19H22N2O5. The summed E-state index contributed by atoms with van der Waals surface area (Å²) in [4.78, 5) is 26.2. The molecule has 2 aromatic rings. The van der Waals surface area contributed by atoms with Gasteiger partial charge in [-0.05, 0) is 18.9 Å². The van der Waals surface area contributed by atoms with Gasteiger partial charge in [0.25, 0.3) is 5.56 Å². The van der Waals surface area contributed by atoms with Crippen molar-refractivity contribution < 1.29 is 14.2 Å². The Hall–Kier alpha value is -2.22. The zero-order chi connectivity index (χ0) is 18.3. The molecular weight excluding hydrogens is 336 g/mol. The Bertz CT molecular complexity index is 906. The quantitative estimate of drug-likeness (QED) is 0.876. The van der Waals surface area contributed by atoms with Crippen LogP contribution < -0.4 is 11.2 Å². The van der Waals surface area contributed by atoms with E-state index in [1.807, 2.05) is 37.3 Å². The molecule has 3 heterocycles. The Balaban J connectivity index is 1.62. The van der Waals surface area contributed by atoms with Crippen LogP contribution in [-0.4, -0.2) is 34.0 Å². The van der Waals surface area contributed by atoms with Gasteiger partial charge in [0.05, 0.1) is 13.2 Å². The van der Waals surface area contributed by atoms with Gasteiger partial charge in [0.2, 0.25) is 0 Å². The first-order valence-corrected chi connectivity index (χ1v) is 8.81. The van der Waals surface area contributed by atoms with Gasteiger partial charge in [-0.1, -0.05) is 37.3 Å². The average Bonchev–Trinajstić information content (AvgIpc) is 3.16. The van der Waals surface area contributed by atoms with Crippen LogP contribution in [0.4, 0.5) is 0 Å². The van der Waals surface area contributed by atoms with E-state index in [1.165, 1.54) is 10.8 Å². The summed E-state index contributed by atoms with van der Waals surface area (Å²) in [5, 5.41) is 0. The minimum Gasteiger partial charge on any atom is -0.368 e. The molecule has 4 rings (SSSR count). The third-order valence-corrected chi connectivity index (χ3v) is 5.26. The smallest absolute Gasteiger partial charge is 0.330 e. The Morgan fingerprint density at radius 2 is 2.08 bits per heavy atom. The number of ether oxygens (including phenoxy) is 3. The summed E-state index contributed by atoms with van der Waals surface area (Å²) < 4.78 is 19.8. The molecule has 2 aliphatic heterocycles. The maximum absolute atomic E-state index is 12.3. The fourth-order valence-electron chi connectivity index (χ4n) is 3.73. The van der Waals surface area contributed by atoms with Crippen LogP contribution >= 0.6 is 0 Å². The van der Waals surface area contributed by atoms with E-state index in [0.29, 0.717) is 25.2 Å². The third kappa shape index (κ3) is 2.72. The fraction of sp³-hybridized carbons (Fsp3) is 0.474. The van der Waals surface area contributed by atoms with Gasteiger partial charge < -0.3 is 14.2 Å². The molecule has 0 spiro atoms. The van der Waals surface area contributed by atoms with E-state index in [4.69, 9.17) is 14.2 Å². The maximum atomic E-state index is 12.3. The molecule has 2 saturated heterocycles. The van der Waals surface area contributed by atoms with Gasteiger partial charge in [-0.25, -0.2) is 4.79 Å². The number of benzene rings is 1. The van der Waals surface area contributed by atoms with Crippen molar-refractivity contribution in [3.8, 4) is 0 Å². The van der Waals surface area contributed by atoms with E-state index >= 15 is 0 Å². The summed E-state index contributed by atoms with van der Waals surface area (Å²) in [5.74, 6) is 0. The molecule has 0 aliphatic carbocycles. The van der Waals surface area contributed by atoms with Crippen molar-refractivity contribution >= 4 is 0 Å². The van der Waals surface area contributed by atoms with Crippen molar-refractivity contribution in [2.45, 2.75) is 50.9 Å². The molecule has 0 radical (unpaired) electrons. The van der Waals surface area contributed by atoms with Crippen molar-refractivity contribution in [2.24, 2.45) is 0 Å². The highest BCUT2D eigenvalue weighted by Crippen LogP contribution is 2.48. The second-order valence-electron chi connectivity index (χ2n) is 6.90. The van der Waals surface area contributed by atoms with Crippen LogP contribution in [0.5, 0.6) is 0 Å². The number of hydrogen-bond acceptors (Lipinski definition) is 5. The van der Waals surface area contributed by atoms with Crippen LogP contribution in [-0.2, 0) is 20.8 Å². The van der Waals surface area contributed by atoms with Crippen LogP contribution in [0, 0.1) is 6.92 Å². The molecule has 1 aromatic carbocycles. The molecule has 2 bridgehead atoms. The predicted molar refractivity (Wildman–Crippen MR) is 94.0 cm³/mol. The van der Waals surface area contributed by atoms with Crippen molar-refractivity contribution in [3.63, 3.8) is 0 Å². The molecule has 138 valence electrons. The second-order valence-corrected chi connectivity index (χ2v) is 6.90. The Kier molecular flexibility index (Phi) is 4.30. The van der Waals surface area contributed by atoms with Crippen molar-refractivity contribution in [3.05, 3.63) is 68.5 Å². The first-order chi connectivity index (χ1) is 12.5. The van der Waals surface area contributed by atoms with Gasteiger partial charge in [-0.2, -0.15) is 0 Å². The van der Waals surface area contributed by atoms with E-state index in [-0.39, 0.29) is 6.10 Å².